The van der Waals surface area contributed by atoms with Gasteiger partial charge in [-0.3, -0.25) is 10.1 Å². The standard InChI is InChI=1S/C10H12ClN3O4S.ClH/c11-8-5-7(14(15)16)1-2-9(8)19(17,18)13-6-10(12)3-4-10;/h1-2,5,13H,3-4,6,12H2;1H. The summed E-state index contributed by atoms with van der Waals surface area (Å²) in [6.45, 7) is 0.128. The number of halogens is 2. The van der Waals surface area contributed by atoms with E-state index in [9.17, 15) is 18.5 Å². The van der Waals surface area contributed by atoms with E-state index in [0.29, 0.717) is 0 Å². The van der Waals surface area contributed by atoms with Crippen LogP contribution in [0, 0.1) is 10.1 Å². The Kier molecular flexibility index (Phi) is 4.99. The van der Waals surface area contributed by atoms with E-state index in [4.69, 9.17) is 17.3 Å². The Morgan fingerprint density at radius 2 is 2.05 bits per heavy atom. The molecule has 0 aromatic heterocycles. The predicted molar refractivity (Wildman–Crippen MR) is 76.7 cm³/mol. The van der Waals surface area contributed by atoms with Crippen LogP contribution in [0.5, 0.6) is 0 Å². The highest BCUT2D eigenvalue weighted by Crippen LogP contribution is 2.32. The normalized spacial score (nSPS) is 16.3. The van der Waals surface area contributed by atoms with Crippen molar-refractivity contribution in [2.45, 2.75) is 23.3 Å². The predicted octanol–water partition coefficient (Wildman–Crippen LogP) is 1.44. The van der Waals surface area contributed by atoms with Crippen LogP contribution < -0.4 is 10.5 Å². The fourth-order valence-electron chi connectivity index (χ4n) is 1.48. The number of rotatable bonds is 5. The molecular weight excluding hydrogens is 329 g/mol. The number of benzene rings is 1. The molecule has 7 nitrogen and oxygen atoms in total. The quantitative estimate of drug-likeness (QED) is 0.620. The largest absolute Gasteiger partial charge is 0.324 e. The van der Waals surface area contributed by atoms with E-state index in [1.165, 1.54) is 0 Å². The second kappa shape index (κ2) is 5.82. The van der Waals surface area contributed by atoms with Crippen molar-refractivity contribution in [2.75, 3.05) is 6.54 Å². The molecule has 0 radical (unpaired) electrons. The summed E-state index contributed by atoms with van der Waals surface area (Å²) in [5.41, 5.74) is 5.05. The van der Waals surface area contributed by atoms with Crippen molar-refractivity contribution in [2.24, 2.45) is 5.73 Å². The zero-order chi connectivity index (χ0) is 14.3. The summed E-state index contributed by atoms with van der Waals surface area (Å²) < 4.78 is 26.3. The number of nitrogens with one attached hydrogen (secondary N) is 1. The average Bonchev–Trinajstić information content (AvgIpc) is 3.05. The summed E-state index contributed by atoms with van der Waals surface area (Å²) in [6.07, 6.45) is 1.53. The number of nitrogens with zero attached hydrogens (tertiary/aromatic N) is 1. The lowest BCUT2D eigenvalue weighted by molar-refractivity contribution is -0.384. The first-order valence-corrected chi connectivity index (χ1v) is 7.32. The fraction of sp³-hybridized carbons (Fsp3) is 0.400. The third-order valence-corrected chi connectivity index (χ3v) is 4.81. The summed E-state index contributed by atoms with van der Waals surface area (Å²) in [6, 6.07) is 3.21. The van der Waals surface area contributed by atoms with Gasteiger partial charge in [0.25, 0.3) is 5.69 Å². The first-order valence-electron chi connectivity index (χ1n) is 5.46. The molecule has 112 valence electrons. The van der Waals surface area contributed by atoms with Crippen molar-refractivity contribution >= 4 is 39.7 Å². The summed E-state index contributed by atoms with van der Waals surface area (Å²) in [5.74, 6) is 0. The maximum Gasteiger partial charge on any atom is 0.271 e. The van der Waals surface area contributed by atoms with Gasteiger partial charge in [-0.2, -0.15) is 0 Å². The van der Waals surface area contributed by atoms with E-state index in [1.807, 2.05) is 0 Å². The van der Waals surface area contributed by atoms with Gasteiger partial charge < -0.3 is 5.73 Å². The Balaban J connectivity index is 0.00000200. The van der Waals surface area contributed by atoms with Crippen LogP contribution in [-0.2, 0) is 10.0 Å². The van der Waals surface area contributed by atoms with Gasteiger partial charge in [-0.15, -0.1) is 12.4 Å². The number of sulfonamides is 1. The highest BCUT2D eigenvalue weighted by atomic mass is 35.5. The van der Waals surface area contributed by atoms with Crippen molar-refractivity contribution in [3.05, 3.63) is 33.3 Å². The summed E-state index contributed by atoms with van der Waals surface area (Å²) in [7, 11) is -3.81. The molecule has 10 heteroatoms. The van der Waals surface area contributed by atoms with Gasteiger partial charge in [-0.05, 0) is 18.9 Å². The minimum absolute atomic E-state index is 0. The minimum atomic E-state index is -3.81. The van der Waals surface area contributed by atoms with Crippen LogP contribution in [0.2, 0.25) is 5.02 Å². The molecule has 0 spiro atoms. The van der Waals surface area contributed by atoms with Crippen LogP contribution in [0.4, 0.5) is 5.69 Å². The number of nitro benzene ring substituents is 1. The molecule has 1 fully saturated rings. The lowest BCUT2D eigenvalue weighted by atomic mass is 10.3. The Labute approximate surface area is 127 Å². The Bertz CT molecular complexity index is 631. The van der Waals surface area contributed by atoms with Crippen LogP contribution in [0.15, 0.2) is 23.1 Å². The number of nitro groups is 1. The van der Waals surface area contributed by atoms with Crippen molar-refractivity contribution in [1.82, 2.24) is 4.72 Å². The topological polar surface area (TPSA) is 115 Å². The van der Waals surface area contributed by atoms with Gasteiger partial charge in [0.15, 0.2) is 0 Å². The number of non-ortho nitro benzene ring substituents is 1. The summed E-state index contributed by atoms with van der Waals surface area (Å²) in [5, 5.41) is 10.4. The van der Waals surface area contributed by atoms with E-state index in [0.717, 1.165) is 31.0 Å². The lowest BCUT2D eigenvalue weighted by Crippen LogP contribution is -2.39. The molecule has 0 atom stereocenters. The molecule has 1 aliphatic carbocycles. The molecule has 0 bridgehead atoms. The van der Waals surface area contributed by atoms with Crippen molar-refractivity contribution in [3.8, 4) is 0 Å². The van der Waals surface area contributed by atoms with E-state index >= 15 is 0 Å². The highest BCUT2D eigenvalue weighted by Gasteiger charge is 2.39. The van der Waals surface area contributed by atoms with Crippen molar-refractivity contribution in [3.63, 3.8) is 0 Å². The van der Waals surface area contributed by atoms with Gasteiger partial charge in [0.2, 0.25) is 10.0 Å². The molecule has 3 N–H and O–H groups in total. The van der Waals surface area contributed by atoms with E-state index < -0.39 is 20.5 Å². The van der Waals surface area contributed by atoms with Crippen LogP contribution in [0.3, 0.4) is 0 Å². The molecule has 2 rings (SSSR count). The van der Waals surface area contributed by atoms with E-state index in [2.05, 4.69) is 4.72 Å². The SMILES string of the molecule is Cl.NC1(CNS(=O)(=O)c2ccc([N+](=O)[O-])cc2Cl)CC1. The summed E-state index contributed by atoms with van der Waals surface area (Å²) >= 11 is 5.77. The van der Waals surface area contributed by atoms with Gasteiger partial charge in [0.1, 0.15) is 4.90 Å². The van der Waals surface area contributed by atoms with Crippen LogP contribution >= 0.6 is 24.0 Å². The average molecular weight is 342 g/mol. The lowest BCUT2D eigenvalue weighted by Gasteiger charge is -2.11. The molecular formula is C10H13Cl2N3O4S. The fourth-order valence-corrected chi connectivity index (χ4v) is 3.15. The van der Waals surface area contributed by atoms with Gasteiger partial charge in [-0.25, -0.2) is 13.1 Å². The molecule has 1 aliphatic rings. The third-order valence-electron chi connectivity index (χ3n) is 2.92. The van der Waals surface area contributed by atoms with Gasteiger partial charge >= 0.3 is 0 Å². The Morgan fingerprint density at radius 3 is 2.50 bits per heavy atom. The molecule has 0 heterocycles. The molecule has 1 aromatic carbocycles. The summed E-state index contributed by atoms with van der Waals surface area (Å²) in [4.78, 5) is 9.71. The van der Waals surface area contributed by atoms with Crippen molar-refractivity contribution < 1.29 is 13.3 Å². The number of hydrogen-bond acceptors (Lipinski definition) is 5. The van der Waals surface area contributed by atoms with Gasteiger partial charge in [-0.1, -0.05) is 11.6 Å². The smallest absolute Gasteiger partial charge is 0.271 e. The first-order chi connectivity index (χ1) is 8.73. The van der Waals surface area contributed by atoms with Crippen LogP contribution in [-0.4, -0.2) is 25.4 Å². The number of nitrogens with two attached hydrogens (primary N) is 1. The molecule has 0 unspecified atom stereocenters. The highest BCUT2D eigenvalue weighted by molar-refractivity contribution is 7.89. The van der Waals surface area contributed by atoms with E-state index in [-0.39, 0.29) is 34.6 Å². The maximum atomic E-state index is 12.0. The van der Waals surface area contributed by atoms with Crippen LogP contribution in [0.25, 0.3) is 0 Å². The molecule has 0 saturated heterocycles. The molecule has 0 amide bonds. The second-order valence-corrected chi connectivity index (χ2v) is 6.70. The van der Waals surface area contributed by atoms with Gasteiger partial charge in [0.05, 0.1) is 9.95 Å². The zero-order valence-electron chi connectivity index (χ0n) is 10.2. The van der Waals surface area contributed by atoms with E-state index in [1.54, 1.807) is 0 Å². The molecule has 20 heavy (non-hydrogen) atoms. The van der Waals surface area contributed by atoms with Gasteiger partial charge in [0, 0.05) is 24.2 Å². The minimum Gasteiger partial charge on any atom is -0.324 e. The Hall–Kier alpha value is -0.930. The second-order valence-electron chi connectivity index (χ2n) is 4.56. The monoisotopic (exact) mass is 341 g/mol. The third kappa shape index (κ3) is 3.80. The Morgan fingerprint density at radius 1 is 1.45 bits per heavy atom. The molecule has 1 saturated carbocycles. The van der Waals surface area contributed by atoms with Crippen LogP contribution in [0.1, 0.15) is 12.8 Å². The maximum absolute atomic E-state index is 12.0. The number of hydrogen-bond donors (Lipinski definition) is 2. The molecule has 1 aromatic rings. The van der Waals surface area contributed by atoms with Crippen molar-refractivity contribution in [1.29, 1.82) is 0 Å². The molecule has 0 aliphatic heterocycles. The first kappa shape index (κ1) is 17.1. The zero-order valence-corrected chi connectivity index (χ0v) is 12.6.